The van der Waals surface area contributed by atoms with Crippen LogP contribution in [-0.4, -0.2) is 17.8 Å². The average Bonchev–Trinajstić information content (AvgIpc) is 2.78. The first-order chi connectivity index (χ1) is 15.8. The summed E-state index contributed by atoms with van der Waals surface area (Å²) in [6, 6.07) is 18.3. The molecule has 1 saturated heterocycles. The van der Waals surface area contributed by atoms with E-state index in [1.165, 1.54) is 6.08 Å². The number of aryl methyl sites for hydroxylation is 1. The number of para-hydroxylation sites is 1. The number of rotatable bonds is 5. The summed E-state index contributed by atoms with van der Waals surface area (Å²) < 4.78 is 5.76. The standard InChI is InChI=1S/C25H18Cl2N2O4/c1-15-6-2-5-9-21(15)29-24(31)18(23(30)28-25(29)32)12-16-10-11-22(20(27)13-16)33-14-17-7-3-4-8-19(17)26/h2-13H,14H2,1H3,(H,28,30,32)/b18-12+. The van der Waals surface area contributed by atoms with Gasteiger partial charge in [-0.2, -0.15) is 0 Å². The molecule has 0 unspecified atom stereocenters. The van der Waals surface area contributed by atoms with Crippen LogP contribution in [0.1, 0.15) is 16.7 Å². The minimum absolute atomic E-state index is 0.182. The maximum atomic E-state index is 13.1. The first kappa shape index (κ1) is 22.6. The highest BCUT2D eigenvalue weighted by molar-refractivity contribution is 6.39. The Kier molecular flexibility index (Phi) is 6.49. The Bertz CT molecular complexity index is 1300. The van der Waals surface area contributed by atoms with Crippen molar-refractivity contribution in [2.75, 3.05) is 4.90 Å². The Labute approximate surface area is 200 Å². The fourth-order valence-corrected chi connectivity index (χ4v) is 3.79. The number of carbonyl (C=O) groups is 3. The molecule has 0 bridgehead atoms. The fourth-order valence-electron chi connectivity index (χ4n) is 3.35. The highest BCUT2D eigenvalue weighted by atomic mass is 35.5. The Morgan fingerprint density at radius 2 is 1.67 bits per heavy atom. The van der Waals surface area contributed by atoms with Gasteiger partial charge in [0, 0.05) is 10.6 Å². The van der Waals surface area contributed by atoms with E-state index in [0.717, 1.165) is 16.0 Å². The summed E-state index contributed by atoms with van der Waals surface area (Å²) in [5.74, 6) is -1.06. The van der Waals surface area contributed by atoms with E-state index in [1.54, 1.807) is 55.5 Å². The second-order valence-corrected chi connectivity index (χ2v) is 8.13. The van der Waals surface area contributed by atoms with Gasteiger partial charge in [0.05, 0.1) is 10.7 Å². The first-order valence-corrected chi connectivity index (χ1v) is 10.7. The number of hydrogen-bond acceptors (Lipinski definition) is 4. The third kappa shape index (κ3) is 4.77. The number of nitrogens with one attached hydrogen (secondary N) is 1. The van der Waals surface area contributed by atoms with Gasteiger partial charge in [-0.05, 0) is 48.4 Å². The number of anilines is 1. The number of carbonyl (C=O) groups excluding carboxylic acids is 3. The Morgan fingerprint density at radius 3 is 2.39 bits per heavy atom. The lowest BCUT2D eigenvalue weighted by molar-refractivity contribution is -0.122. The van der Waals surface area contributed by atoms with Gasteiger partial charge in [0.2, 0.25) is 0 Å². The normalized spacial score (nSPS) is 15.1. The van der Waals surface area contributed by atoms with E-state index in [9.17, 15) is 14.4 Å². The molecule has 1 aliphatic heterocycles. The second-order valence-electron chi connectivity index (χ2n) is 7.31. The predicted octanol–water partition coefficient (Wildman–Crippen LogP) is 5.55. The van der Waals surface area contributed by atoms with Crippen LogP contribution in [0.2, 0.25) is 10.0 Å². The summed E-state index contributed by atoms with van der Waals surface area (Å²) in [6.07, 6.45) is 1.39. The van der Waals surface area contributed by atoms with Crippen LogP contribution in [-0.2, 0) is 16.2 Å². The van der Waals surface area contributed by atoms with E-state index in [-0.39, 0.29) is 12.2 Å². The largest absolute Gasteiger partial charge is 0.487 e. The highest BCUT2D eigenvalue weighted by Crippen LogP contribution is 2.29. The van der Waals surface area contributed by atoms with Crippen LogP contribution in [0.25, 0.3) is 6.08 Å². The predicted molar refractivity (Wildman–Crippen MR) is 127 cm³/mol. The molecular weight excluding hydrogens is 463 g/mol. The molecule has 8 heteroatoms. The molecule has 1 heterocycles. The maximum absolute atomic E-state index is 13.1. The lowest BCUT2D eigenvalue weighted by atomic mass is 10.1. The van der Waals surface area contributed by atoms with Gasteiger partial charge in [0.25, 0.3) is 11.8 Å². The molecule has 1 fully saturated rings. The van der Waals surface area contributed by atoms with Crippen molar-refractivity contribution < 1.29 is 19.1 Å². The molecule has 4 rings (SSSR count). The van der Waals surface area contributed by atoms with Gasteiger partial charge in [-0.15, -0.1) is 0 Å². The van der Waals surface area contributed by atoms with E-state index in [1.807, 2.05) is 18.2 Å². The molecule has 1 N–H and O–H groups in total. The Morgan fingerprint density at radius 1 is 0.939 bits per heavy atom. The minimum Gasteiger partial charge on any atom is -0.487 e. The van der Waals surface area contributed by atoms with E-state index in [4.69, 9.17) is 27.9 Å². The molecular formula is C25H18Cl2N2O4. The van der Waals surface area contributed by atoms with Gasteiger partial charge in [-0.25, -0.2) is 9.69 Å². The molecule has 3 aromatic carbocycles. The van der Waals surface area contributed by atoms with Crippen molar-refractivity contribution in [2.24, 2.45) is 0 Å². The zero-order valence-electron chi connectivity index (χ0n) is 17.5. The number of hydrogen-bond donors (Lipinski definition) is 1. The van der Waals surface area contributed by atoms with E-state index in [2.05, 4.69) is 5.32 Å². The van der Waals surface area contributed by atoms with Gasteiger partial charge in [-0.1, -0.05) is 65.7 Å². The average molecular weight is 481 g/mol. The van der Waals surface area contributed by atoms with E-state index < -0.39 is 17.8 Å². The van der Waals surface area contributed by atoms with Crippen molar-refractivity contribution in [3.05, 3.63) is 99.0 Å². The Hall–Kier alpha value is -3.61. The van der Waals surface area contributed by atoms with Crippen molar-refractivity contribution >= 4 is 52.8 Å². The maximum Gasteiger partial charge on any atom is 0.335 e. The topological polar surface area (TPSA) is 75.7 Å². The van der Waals surface area contributed by atoms with Crippen LogP contribution in [0.3, 0.4) is 0 Å². The minimum atomic E-state index is -0.794. The third-order valence-corrected chi connectivity index (χ3v) is 5.73. The summed E-state index contributed by atoms with van der Waals surface area (Å²) in [5.41, 5.74) is 2.26. The van der Waals surface area contributed by atoms with Crippen LogP contribution < -0.4 is 15.0 Å². The molecule has 6 nitrogen and oxygen atoms in total. The molecule has 0 aliphatic carbocycles. The van der Waals surface area contributed by atoms with Gasteiger partial charge < -0.3 is 4.74 Å². The number of amides is 4. The molecule has 33 heavy (non-hydrogen) atoms. The Balaban J connectivity index is 1.58. The number of urea groups is 1. The third-order valence-electron chi connectivity index (χ3n) is 5.07. The molecule has 0 atom stereocenters. The van der Waals surface area contributed by atoms with Crippen molar-refractivity contribution in [1.29, 1.82) is 0 Å². The van der Waals surface area contributed by atoms with Gasteiger partial charge >= 0.3 is 6.03 Å². The molecule has 4 amide bonds. The number of imide groups is 2. The zero-order chi connectivity index (χ0) is 23.5. The smallest absolute Gasteiger partial charge is 0.335 e. The van der Waals surface area contributed by atoms with Crippen molar-refractivity contribution in [2.45, 2.75) is 13.5 Å². The molecule has 0 aromatic heterocycles. The van der Waals surface area contributed by atoms with Gasteiger partial charge in [-0.3, -0.25) is 14.9 Å². The molecule has 3 aromatic rings. The summed E-state index contributed by atoms with van der Waals surface area (Å²) in [4.78, 5) is 38.8. The first-order valence-electron chi connectivity index (χ1n) is 9.98. The molecule has 166 valence electrons. The number of benzene rings is 3. The van der Waals surface area contributed by atoms with Crippen LogP contribution in [0, 0.1) is 6.92 Å². The lowest BCUT2D eigenvalue weighted by Crippen LogP contribution is -2.54. The number of ether oxygens (including phenoxy) is 1. The van der Waals surface area contributed by atoms with E-state index in [0.29, 0.717) is 27.0 Å². The fraction of sp³-hybridized carbons (Fsp3) is 0.0800. The van der Waals surface area contributed by atoms with Gasteiger partial charge in [0.1, 0.15) is 17.9 Å². The van der Waals surface area contributed by atoms with E-state index >= 15 is 0 Å². The van der Waals surface area contributed by atoms with Crippen LogP contribution in [0.5, 0.6) is 5.75 Å². The van der Waals surface area contributed by atoms with Crippen molar-refractivity contribution in [1.82, 2.24) is 5.32 Å². The monoisotopic (exact) mass is 480 g/mol. The quantitative estimate of drug-likeness (QED) is 0.383. The van der Waals surface area contributed by atoms with Crippen LogP contribution >= 0.6 is 23.2 Å². The summed E-state index contributed by atoms with van der Waals surface area (Å²) in [6.45, 7) is 2.01. The number of halogens is 2. The van der Waals surface area contributed by atoms with Crippen molar-refractivity contribution in [3.63, 3.8) is 0 Å². The molecule has 1 aliphatic rings. The van der Waals surface area contributed by atoms with Crippen LogP contribution in [0.4, 0.5) is 10.5 Å². The van der Waals surface area contributed by atoms with Crippen molar-refractivity contribution in [3.8, 4) is 5.75 Å². The zero-order valence-corrected chi connectivity index (χ0v) is 19.0. The SMILES string of the molecule is Cc1ccccc1N1C(=O)NC(=O)/C(=C\c2ccc(OCc3ccccc3Cl)c(Cl)c2)C1=O. The number of nitrogens with zero attached hydrogens (tertiary/aromatic N) is 1. The number of barbiturate groups is 1. The van der Waals surface area contributed by atoms with Crippen LogP contribution in [0.15, 0.2) is 72.3 Å². The summed E-state index contributed by atoms with van der Waals surface area (Å²) in [5, 5.41) is 3.10. The molecule has 0 saturated carbocycles. The summed E-state index contributed by atoms with van der Waals surface area (Å²) >= 11 is 12.5. The summed E-state index contributed by atoms with van der Waals surface area (Å²) in [7, 11) is 0. The second kappa shape index (κ2) is 9.48. The molecule has 0 radical (unpaired) electrons. The molecule has 0 spiro atoms. The highest BCUT2D eigenvalue weighted by Gasteiger charge is 2.37. The van der Waals surface area contributed by atoms with Gasteiger partial charge in [0.15, 0.2) is 0 Å². The lowest BCUT2D eigenvalue weighted by Gasteiger charge is -2.27.